The maximum atomic E-state index is 11.9. The van der Waals surface area contributed by atoms with Crippen LogP contribution in [0.2, 0.25) is 0 Å². The van der Waals surface area contributed by atoms with Gasteiger partial charge in [-0.25, -0.2) is 0 Å². The fraction of sp³-hybridized carbons (Fsp3) is 0.167. The summed E-state index contributed by atoms with van der Waals surface area (Å²) in [5, 5.41) is 14.2. The molecule has 24 heavy (non-hydrogen) atoms. The summed E-state index contributed by atoms with van der Waals surface area (Å²) in [6, 6.07) is 13.4. The summed E-state index contributed by atoms with van der Waals surface area (Å²) in [5.74, 6) is -1.75. The number of hydrogen-bond acceptors (Lipinski definition) is 4. The molecule has 0 saturated heterocycles. The third-order valence-corrected chi connectivity index (χ3v) is 3.46. The van der Waals surface area contributed by atoms with Crippen LogP contribution in [0, 0.1) is 0 Å². The van der Waals surface area contributed by atoms with Crippen molar-refractivity contribution in [2.75, 3.05) is 5.32 Å². The van der Waals surface area contributed by atoms with Crippen molar-refractivity contribution in [2.45, 2.75) is 20.1 Å². The van der Waals surface area contributed by atoms with Crippen LogP contribution in [0.1, 0.15) is 28.4 Å². The Kier molecular flexibility index (Phi) is 5.81. The molecule has 0 aliphatic heterocycles. The molecule has 2 rings (SSSR count). The third-order valence-electron chi connectivity index (χ3n) is 3.46. The Labute approximate surface area is 139 Å². The van der Waals surface area contributed by atoms with Crippen LogP contribution >= 0.6 is 0 Å². The minimum absolute atomic E-state index is 0.129. The molecule has 2 aromatic rings. The van der Waals surface area contributed by atoms with E-state index >= 15 is 0 Å². The molecule has 0 aliphatic carbocycles. The molecule has 0 heterocycles. The Balaban J connectivity index is 1.96. The van der Waals surface area contributed by atoms with Gasteiger partial charge in [0.15, 0.2) is 5.78 Å². The minimum Gasteiger partial charge on any atom is -0.392 e. The number of ketones is 1. The van der Waals surface area contributed by atoms with Crippen LogP contribution in [-0.2, 0) is 22.7 Å². The van der Waals surface area contributed by atoms with Crippen LogP contribution < -0.4 is 10.6 Å². The molecule has 2 amide bonds. The van der Waals surface area contributed by atoms with Crippen molar-refractivity contribution in [2.24, 2.45) is 0 Å². The maximum absolute atomic E-state index is 11.9. The second-order valence-corrected chi connectivity index (χ2v) is 5.20. The highest BCUT2D eigenvalue weighted by atomic mass is 16.3. The molecule has 3 N–H and O–H groups in total. The molecule has 0 saturated carbocycles. The lowest BCUT2D eigenvalue weighted by Gasteiger charge is -2.09. The number of amides is 2. The summed E-state index contributed by atoms with van der Waals surface area (Å²) in [6.07, 6.45) is 0. The minimum atomic E-state index is -0.822. The first kappa shape index (κ1) is 17.4. The van der Waals surface area contributed by atoms with Crippen LogP contribution in [0.5, 0.6) is 0 Å². The quantitative estimate of drug-likeness (QED) is 0.575. The maximum Gasteiger partial charge on any atom is 0.313 e. The highest BCUT2D eigenvalue weighted by Gasteiger charge is 2.14. The normalized spacial score (nSPS) is 10.1. The zero-order chi connectivity index (χ0) is 17.5. The van der Waals surface area contributed by atoms with Crippen molar-refractivity contribution in [3.8, 4) is 0 Å². The number of carbonyl (C=O) groups excluding carboxylic acids is 3. The third kappa shape index (κ3) is 4.50. The monoisotopic (exact) mass is 326 g/mol. The highest BCUT2D eigenvalue weighted by Crippen LogP contribution is 2.11. The standard InChI is InChI=1S/C18H18N2O4/c1-12(22)13-7-4-8-16(9-13)20-18(24)17(23)19-10-14-5-2-3-6-15(14)11-21/h2-9,21H,10-11H2,1H3,(H,19,23)(H,20,24). The molecule has 0 fully saturated rings. The number of nitrogens with one attached hydrogen (secondary N) is 2. The first-order valence-corrected chi connectivity index (χ1v) is 7.39. The average Bonchev–Trinajstić information content (AvgIpc) is 2.60. The zero-order valence-corrected chi connectivity index (χ0v) is 13.2. The smallest absolute Gasteiger partial charge is 0.313 e. The first-order valence-electron chi connectivity index (χ1n) is 7.39. The molecule has 0 aliphatic rings. The number of benzene rings is 2. The summed E-state index contributed by atoms with van der Waals surface area (Å²) in [4.78, 5) is 35.1. The van der Waals surface area contributed by atoms with Gasteiger partial charge >= 0.3 is 11.8 Å². The van der Waals surface area contributed by atoms with E-state index in [9.17, 15) is 19.5 Å². The molecule has 0 atom stereocenters. The molecule has 124 valence electrons. The number of carbonyl (C=O) groups is 3. The predicted molar refractivity (Wildman–Crippen MR) is 89.3 cm³/mol. The summed E-state index contributed by atoms with van der Waals surface area (Å²) < 4.78 is 0. The van der Waals surface area contributed by atoms with Gasteiger partial charge in [-0.15, -0.1) is 0 Å². The lowest BCUT2D eigenvalue weighted by atomic mass is 10.1. The number of Topliss-reactive ketones (excluding diaryl/α,β-unsaturated/α-hetero) is 1. The lowest BCUT2D eigenvalue weighted by Crippen LogP contribution is -2.35. The molecular formula is C18H18N2O4. The molecular weight excluding hydrogens is 308 g/mol. The van der Waals surface area contributed by atoms with Crippen LogP contribution in [0.4, 0.5) is 5.69 Å². The van der Waals surface area contributed by atoms with E-state index in [0.717, 1.165) is 5.56 Å². The summed E-state index contributed by atoms with van der Waals surface area (Å²) in [6.45, 7) is 1.42. The Hall–Kier alpha value is -2.99. The van der Waals surface area contributed by atoms with Gasteiger partial charge < -0.3 is 15.7 Å². The molecule has 2 aromatic carbocycles. The van der Waals surface area contributed by atoms with Gasteiger partial charge in [0.25, 0.3) is 0 Å². The molecule has 0 aromatic heterocycles. The fourth-order valence-corrected chi connectivity index (χ4v) is 2.14. The van der Waals surface area contributed by atoms with E-state index in [0.29, 0.717) is 16.8 Å². The zero-order valence-electron chi connectivity index (χ0n) is 13.2. The number of anilines is 1. The summed E-state index contributed by atoms with van der Waals surface area (Å²) in [5.41, 5.74) is 2.25. The highest BCUT2D eigenvalue weighted by molar-refractivity contribution is 6.39. The Morgan fingerprint density at radius 2 is 1.67 bits per heavy atom. The van der Waals surface area contributed by atoms with Gasteiger partial charge in [0.2, 0.25) is 0 Å². The van der Waals surface area contributed by atoms with Crippen molar-refractivity contribution < 1.29 is 19.5 Å². The second-order valence-electron chi connectivity index (χ2n) is 5.20. The molecule has 0 radical (unpaired) electrons. The molecule has 0 bridgehead atoms. The molecule has 0 unspecified atom stereocenters. The van der Waals surface area contributed by atoms with Crippen LogP contribution in [-0.4, -0.2) is 22.7 Å². The number of aliphatic hydroxyl groups excluding tert-OH is 1. The van der Waals surface area contributed by atoms with Crippen molar-refractivity contribution in [1.82, 2.24) is 5.32 Å². The van der Waals surface area contributed by atoms with Crippen molar-refractivity contribution in [3.63, 3.8) is 0 Å². The molecule has 6 heteroatoms. The van der Waals surface area contributed by atoms with E-state index in [1.807, 2.05) is 0 Å². The first-order chi connectivity index (χ1) is 11.5. The van der Waals surface area contributed by atoms with Gasteiger partial charge in [-0.3, -0.25) is 14.4 Å². The van der Waals surface area contributed by atoms with Crippen LogP contribution in [0.3, 0.4) is 0 Å². The van der Waals surface area contributed by atoms with Gasteiger partial charge in [-0.05, 0) is 30.2 Å². The van der Waals surface area contributed by atoms with Crippen LogP contribution in [0.25, 0.3) is 0 Å². The SMILES string of the molecule is CC(=O)c1cccc(NC(=O)C(=O)NCc2ccccc2CO)c1. The van der Waals surface area contributed by atoms with E-state index in [1.165, 1.54) is 13.0 Å². The lowest BCUT2D eigenvalue weighted by molar-refractivity contribution is -0.136. The summed E-state index contributed by atoms with van der Waals surface area (Å²) >= 11 is 0. The largest absolute Gasteiger partial charge is 0.392 e. The van der Waals surface area contributed by atoms with Crippen molar-refractivity contribution in [3.05, 3.63) is 65.2 Å². The predicted octanol–water partition coefficient (Wildman–Crippen LogP) is 1.64. The van der Waals surface area contributed by atoms with Crippen molar-refractivity contribution >= 4 is 23.3 Å². The van der Waals surface area contributed by atoms with E-state index in [2.05, 4.69) is 10.6 Å². The molecule has 0 spiro atoms. The van der Waals surface area contributed by atoms with Gasteiger partial charge in [-0.1, -0.05) is 36.4 Å². The number of aliphatic hydroxyl groups is 1. The van der Waals surface area contributed by atoms with E-state index in [1.54, 1.807) is 42.5 Å². The van der Waals surface area contributed by atoms with Gasteiger partial charge in [0, 0.05) is 17.8 Å². The fourth-order valence-electron chi connectivity index (χ4n) is 2.14. The van der Waals surface area contributed by atoms with E-state index in [4.69, 9.17) is 0 Å². The van der Waals surface area contributed by atoms with E-state index in [-0.39, 0.29) is 18.9 Å². The number of hydrogen-bond donors (Lipinski definition) is 3. The Morgan fingerprint density at radius 1 is 0.958 bits per heavy atom. The Bertz CT molecular complexity index is 771. The number of rotatable bonds is 5. The molecule has 6 nitrogen and oxygen atoms in total. The van der Waals surface area contributed by atoms with Crippen molar-refractivity contribution in [1.29, 1.82) is 0 Å². The second kappa shape index (κ2) is 8.03. The van der Waals surface area contributed by atoms with Gasteiger partial charge in [0.05, 0.1) is 6.61 Å². The van der Waals surface area contributed by atoms with E-state index < -0.39 is 11.8 Å². The van der Waals surface area contributed by atoms with Gasteiger partial charge in [0.1, 0.15) is 0 Å². The summed E-state index contributed by atoms with van der Waals surface area (Å²) in [7, 11) is 0. The van der Waals surface area contributed by atoms with Crippen LogP contribution in [0.15, 0.2) is 48.5 Å². The topological polar surface area (TPSA) is 95.5 Å². The Morgan fingerprint density at radius 3 is 2.33 bits per heavy atom. The van der Waals surface area contributed by atoms with Gasteiger partial charge in [-0.2, -0.15) is 0 Å². The average molecular weight is 326 g/mol.